The molecule has 31 heavy (non-hydrogen) atoms. The van der Waals surface area contributed by atoms with Crippen molar-refractivity contribution >= 4 is 45.8 Å². The number of pyridine rings is 3. The summed E-state index contributed by atoms with van der Waals surface area (Å²) >= 11 is 12.1. The maximum absolute atomic E-state index is 14.2. The van der Waals surface area contributed by atoms with Crippen molar-refractivity contribution in [3.05, 3.63) is 103 Å². The van der Waals surface area contributed by atoms with Crippen molar-refractivity contribution in [3.8, 4) is 0 Å². The standard InChI is InChI=1S/C21H13Cl2FN4O3/c22-13-7-25-8-14(23)18(13)27-21(31)12-10-28(9-11-3-1-2-4-15(11)24)16-5-6-17(29)26-19(16)20(12)30/h1-8,10H,9H2,(H,26,29)(H,25,27,31). The number of halogens is 3. The van der Waals surface area contributed by atoms with Gasteiger partial charge < -0.3 is 14.9 Å². The molecule has 0 aliphatic carbocycles. The van der Waals surface area contributed by atoms with E-state index in [1.54, 1.807) is 18.2 Å². The predicted octanol–water partition coefficient (Wildman–Crippen LogP) is 3.83. The van der Waals surface area contributed by atoms with Crippen molar-refractivity contribution < 1.29 is 9.18 Å². The Morgan fingerprint density at radius 1 is 1.10 bits per heavy atom. The molecule has 0 bridgehead atoms. The molecule has 0 aliphatic heterocycles. The maximum Gasteiger partial charge on any atom is 0.261 e. The van der Waals surface area contributed by atoms with Gasteiger partial charge in [-0.1, -0.05) is 41.4 Å². The van der Waals surface area contributed by atoms with E-state index in [9.17, 15) is 18.8 Å². The predicted molar refractivity (Wildman–Crippen MR) is 117 cm³/mol. The van der Waals surface area contributed by atoms with Crippen molar-refractivity contribution in [2.45, 2.75) is 6.54 Å². The van der Waals surface area contributed by atoms with Gasteiger partial charge in [-0.25, -0.2) is 4.39 Å². The summed E-state index contributed by atoms with van der Waals surface area (Å²) in [4.78, 5) is 43.9. The van der Waals surface area contributed by atoms with E-state index in [1.807, 2.05) is 0 Å². The maximum atomic E-state index is 14.2. The van der Waals surface area contributed by atoms with E-state index >= 15 is 0 Å². The molecule has 156 valence electrons. The largest absolute Gasteiger partial charge is 0.341 e. The van der Waals surface area contributed by atoms with Crippen molar-refractivity contribution in [2.75, 3.05) is 5.32 Å². The second-order valence-corrected chi connectivity index (χ2v) is 7.42. The van der Waals surface area contributed by atoms with E-state index in [0.29, 0.717) is 11.1 Å². The summed E-state index contributed by atoms with van der Waals surface area (Å²) < 4.78 is 15.7. The Balaban J connectivity index is 1.86. The molecule has 0 unspecified atom stereocenters. The SMILES string of the molecule is O=C(Nc1c(Cl)cncc1Cl)c1cn(Cc2ccccc2F)c2ccc(=O)[nH]c2c1=O. The number of carbonyl (C=O) groups excluding carboxylic acids is 1. The molecule has 1 aromatic carbocycles. The average Bonchev–Trinajstić information content (AvgIpc) is 2.74. The van der Waals surface area contributed by atoms with Gasteiger partial charge in [0.2, 0.25) is 11.0 Å². The highest BCUT2D eigenvalue weighted by molar-refractivity contribution is 6.39. The number of fused-ring (bicyclic) bond motifs is 1. The number of amides is 1. The first-order chi connectivity index (χ1) is 14.8. The molecule has 0 aliphatic rings. The summed E-state index contributed by atoms with van der Waals surface area (Å²) in [5.41, 5.74) is -0.811. The van der Waals surface area contributed by atoms with E-state index in [2.05, 4.69) is 15.3 Å². The Bertz CT molecular complexity index is 1430. The molecule has 0 saturated carbocycles. The minimum absolute atomic E-state index is 0.0204. The van der Waals surface area contributed by atoms with Crippen LogP contribution >= 0.6 is 23.2 Å². The third-order valence-corrected chi connectivity index (χ3v) is 5.17. The minimum Gasteiger partial charge on any atom is -0.341 e. The average molecular weight is 459 g/mol. The number of carbonyl (C=O) groups is 1. The Morgan fingerprint density at radius 3 is 2.52 bits per heavy atom. The molecule has 4 aromatic rings. The summed E-state index contributed by atoms with van der Waals surface area (Å²) in [6.45, 7) is 0.0204. The van der Waals surface area contributed by atoms with Crippen molar-refractivity contribution in [1.29, 1.82) is 0 Å². The number of nitrogens with one attached hydrogen (secondary N) is 2. The van der Waals surface area contributed by atoms with Gasteiger partial charge in [-0.05, 0) is 12.1 Å². The van der Waals surface area contributed by atoms with Crippen molar-refractivity contribution in [2.24, 2.45) is 0 Å². The highest BCUT2D eigenvalue weighted by Gasteiger charge is 2.19. The molecule has 7 nitrogen and oxygen atoms in total. The Kier molecular flexibility index (Phi) is 5.58. The summed E-state index contributed by atoms with van der Waals surface area (Å²) in [5, 5.41) is 2.67. The zero-order valence-corrected chi connectivity index (χ0v) is 17.2. The first-order valence-electron chi connectivity index (χ1n) is 8.95. The number of hydrogen-bond donors (Lipinski definition) is 2. The van der Waals surface area contributed by atoms with Crippen LogP contribution in [0.2, 0.25) is 10.0 Å². The van der Waals surface area contributed by atoms with Crippen LogP contribution < -0.4 is 16.3 Å². The van der Waals surface area contributed by atoms with Gasteiger partial charge in [0, 0.05) is 30.2 Å². The fraction of sp³-hybridized carbons (Fsp3) is 0.0476. The molecular weight excluding hydrogens is 446 g/mol. The summed E-state index contributed by atoms with van der Waals surface area (Å²) in [6, 6.07) is 8.81. The number of nitrogens with zero attached hydrogens (tertiary/aromatic N) is 2. The van der Waals surface area contributed by atoms with Crippen molar-refractivity contribution in [1.82, 2.24) is 14.5 Å². The Morgan fingerprint density at radius 2 is 1.81 bits per heavy atom. The third-order valence-electron chi connectivity index (χ3n) is 4.60. The monoisotopic (exact) mass is 458 g/mol. The summed E-state index contributed by atoms with van der Waals surface area (Å²) in [7, 11) is 0. The van der Waals surface area contributed by atoms with Crippen LogP contribution in [0.3, 0.4) is 0 Å². The summed E-state index contributed by atoms with van der Waals surface area (Å²) in [5.74, 6) is -1.24. The Hall–Kier alpha value is -3.49. The zero-order chi connectivity index (χ0) is 22.1. The lowest BCUT2D eigenvalue weighted by atomic mass is 10.1. The topological polar surface area (TPSA) is 96.8 Å². The lowest BCUT2D eigenvalue weighted by Crippen LogP contribution is -2.26. The molecule has 0 radical (unpaired) electrons. The van der Waals surface area contributed by atoms with E-state index in [0.717, 1.165) is 0 Å². The van der Waals surface area contributed by atoms with Gasteiger partial charge in [0.25, 0.3) is 5.91 Å². The van der Waals surface area contributed by atoms with Gasteiger partial charge in [0.15, 0.2) is 0 Å². The van der Waals surface area contributed by atoms with Gasteiger partial charge in [0.1, 0.15) is 16.9 Å². The van der Waals surface area contributed by atoms with Gasteiger partial charge in [-0.3, -0.25) is 19.4 Å². The quantitative estimate of drug-likeness (QED) is 0.485. The smallest absolute Gasteiger partial charge is 0.261 e. The van der Waals surface area contributed by atoms with Crippen LogP contribution in [-0.4, -0.2) is 20.4 Å². The molecule has 0 atom stereocenters. The van der Waals surface area contributed by atoms with Crippen LogP contribution in [0.25, 0.3) is 11.0 Å². The lowest BCUT2D eigenvalue weighted by molar-refractivity contribution is 0.102. The fourth-order valence-electron chi connectivity index (χ4n) is 3.11. The molecular formula is C21H13Cl2FN4O3. The highest BCUT2D eigenvalue weighted by atomic mass is 35.5. The second-order valence-electron chi connectivity index (χ2n) is 6.61. The second kappa shape index (κ2) is 8.33. The Labute approximate surface area is 184 Å². The lowest BCUT2D eigenvalue weighted by Gasteiger charge is -2.14. The highest BCUT2D eigenvalue weighted by Crippen LogP contribution is 2.29. The molecule has 4 rings (SSSR count). The number of anilines is 1. The van der Waals surface area contributed by atoms with Crippen LogP contribution in [-0.2, 0) is 6.54 Å². The van der Waals surface area contributed by atoms with Crippen LogP contribution in [0.5, 0.6) is 0 Å². The first kappa shape index (κ1) is 20.8. The van der Waals surface area contributed by atoms with Crippen LogP contribution in [0.1, 0.15) is 15.9 Å². The van der Waals surface area contributed by atoms with E-state index in [-0.39, 0.29) is 33.4 Å². The summed E-state index contributed by atoms with van der Waals surface area (Å²) in [6.07, 6.45) is 3.88. The molecule has 1 amide bonds. The van der Waals surface area contributed by atoms with E-state index in [1.165, 1.54) is 41.4 Å². The van der Waals surface area contributed by atoms with E-state index < -0.39 is 22.7 Å². The minimum atomic E-state index is -0.797. The van der Waals surface area contributed by atoms with Crippen LogP contribution in [0.4, 0.5) is 10.1 Å². The van der Waals surface area contributed by atoms with Gasteiger partial charge in [-0.2, -0.15) is 0 Å². The number of benzene rings is 1. The van der Waals surface area contributed by atoms with Crippen LogP contribution in [0, 0.1) is 5.82 Å². The number of aromatic amines is 1. The van der Waals surface area contributed by atoms with E-state index in [4.69, 9.17) is 23.2 Å². The molecule has 0 saturated heterocycles. The molecule has 3 aromatic heterocycles. The zero-order valence-electron chi connectivity index (χ0n) is 15.7. The van der Waals surface area contributed by atoms with Crippen molar-refractivity contribution in [3.63, 3.8) is 0 Å². The first-order valence-corrected chi connectivity index (χ1v) is 9.71. The number of aromatic nitrogens is 3. The normalized spacial score (nSPS) is 10.9. The van der Waals surface area contributed by atoms with Gasteiger partial charge in [-0.15, -0.1) is 0 Å². The molecule has 2 N–H and O–H groups in total. The third kappa shape index (κ3) is 4.08. The molecule has 10 heteroatoms. The van der Waals surface area contributed by atoms with Gasteiger partial charge >= 0.3 is 0 Å². The van der Waals surface area contributed by atoms with Gasteiger partial charge in [0.05, 0.1) is 27.8 Å². The fourth-order valence-corrected chi connectivity index (χ4v) is 3.57. The molecule has 0 spiro atoms. The number of rotatable bonds is 4. The molecule has 0 fully saturated rings. The van der Waals surface area contributed by atoms with Crippen LogP contribution in [0.15, 0.2) is 64.6 Å². The number of H-pyrrole nitrogens is 1. The number of hydrogen-bond acceptors (Lipinski definition) is 4. The molecule has 3 heterocycles.